The Morgan fingerprint density at radius 2 is 2.11 bits per heavy atom. The molecule has 1 aliphatic rings. The second-order valence-electron chi connectivity index (χ2n) is 4.61. The van der Waals surface area contributed by atoms with Crippen molar-refractivity contribution in [1.29, 1.82) is 0 Å². The third-order valence-corrected chi connectivity index (χ3v) is 3.19. The molecule has 0 spiro atoms. The quantitative estimate of drug-likeness (QED) is 0.884. The van der Waals surface area contributed by atoms with Crippen molar-refractivity contribution in [2.75, 3.05) is 19.7 Å². The number of benzene rings is 1. The van der Waals surface area contributed by atoms with Crippen molar-refractivity contribution in [3.05, 3.63) is 24.3 Å². The minimum absolute atomic E-state index is 0.374. The van der Waals surface area contributed by atoms with Crippen LogP contribution in [0.3, 0.4) is 0 Å². The molecule has 2 aromatic rings. The number of fused-ring (bicyclic) bond motifs is 1. The highest BCUT2D eigenvalue weighted by atomic mass is 16.5. The topological polar surface area (TPSA) is 59.9 Å². The number of hydrogen-bond acceptors (Lipinski definition) is 5. The molecule has 1 saturated heterocycles. The van der Waals surface area contributed by atoms with Crippen molar-refractivity contribution in [2.24, 2.45) is 5.92 Å². The Labute approximate surface area is 106 Å². The Hall–Kier alpha value is -1.75. The standard InChI is InChI=1S/C13H16N4O/c1-2-6-12-11(5-1)15-13(17-16-12)18-9-10-4-3-7-14-8-10/h1-2,5-6,10,14H,3-4,7-9H2. The largest absolute Gasteiger partial charge is 0.462 e. The summed E-state index contributed by atoms with van der Waals surface area (Å²) < 4.78 is 5.63. The Kier molecular flexibility index (Phi) is 3.32. The normalized spacial score (nSPS) is 19.9. The number of nitrogens with one attached hydrogen (secondary N) is 1. The fraction of sp³-hybridized carbons (Fsp3) is 0.462. The second kappa shape index (κ2) is 5.27. The van der Waals surface area contributed by atoms with Crippen LogP contribution in [0.5, 0.6) is 6.01 Å². The first-order chi connectivity index (χ1) is 8.92. The van der Waals surface area contributed by atoms with Gasteiger partial charge in [-0.2, -0.15) is 4.98 Å². The van der Waals surface area contributed by atoms with Crippen LogP contribution >= 0.6 is 0 Å². The molecule has 18 heavy (non-hydrogen) atoms. The highest BCUT2D eigenvalue weighted by Crippen LogP contribution is 2.13. The van der Waals surface area contributed by atoms with Gasteiger partial charge in [-0.3, -0.25) is 0 Å². The maximum Gasteiger partial charge on any atom is 0.336 e. The van der Waals surface area contributed by atoms with Crippen LogP contribution in [0.1, 0.15) is 12.8 Å². The van der Waals surface area contributed by atoms with Crippen molar-refractivity contribution in [3.8, 4) is 6.01 Å². The molecular weight excluding hydrogens is 228 g/mol. The van der Waals surface area contributed by atoms with Gasteiger partial charge >= 0.3 is 6.01 Å². The summed E-state index contributed by atoms with van der Waals surface area (Å²) >= 11 is 0. The van der Waals surface area contributed by atoms with E-state index in [4.69, 9.17) is 4.74 Å². The van der Waals surface area contributed by atoms with Crippen molar-refractivity contribution in [2.45, 2.75) is 12.8 Å². The number of aromatic nitrogens is 3. The van der Waals surface area contributed by atoms with Crippen LogP contribution in [0.4, 0.5) is 0 Å². The molecule has 0 radical (unpaired) electrons. The van der Waals surface area contributed by atoms with Crippen molar-refractivity contribution in [1.82, 2.24) is 20.5 Å². The molecule has 5 nitrogen and oxygen atoms in total. The minimum Gasteiger partial charge on any atom is -0.462 e. The van der Waals surface area contributed by atoms with E-state index in [0.29, 0.717) is 18.5 Å². The van der Waals surface area contributed by atoms with Gasteiger partial charge in [0, 0.05) is 12.5 Å². The van der Waals surface area contributed by atoms with E-state index in [2.05, 4.69) is 20.5 Å². The molecule has 0 bridgehead atoms. The molecular formula is C13H16N4O. The van der Waals surface area contributed by atoms with Gasteiger partial charge in [0.15, 0.2) is 0 Å². The van der Waals surface area contributed by atoms with Crippen molar-refractivity contribution < 1.29 is 4.74 Å². The van der Waals surface area contributed by atoms with Gasteiger partial charge in [0.25, 0.3) is 0 Å². The van der Waals surface area contributed by atoms with E-state index in [9.17, 15) is 0 Å². The van der Waals surface area contributed by atoms with E-state index in [0.717, 1.165) is 24.1 Å². The molecule has 1 aliphatic heterocycles. The third-order valence-electron chi connectivity index (χ3n) is 3.19. The average Bonchev–Trinajstić information content (AvgIpc) is 2.46. The van der Waals surface area contributed by atoms with Crippen LogP contribution in [-0.2, 0) is 0 Å². The van der Waals surface area contributed by atoms with Crippen LogP contribution in [-0.4, -0.2) is 34.9 Å². The fourth-order valence-electron chi connectivity index (χ4n) is 2.19. The highest BCUT2D eigenvalue weighted by molar-refractivity contribution is 5.73. The molecule has 1 N–H and O–H groups in total. The number of piperidine rings is 1. The molecule has 0 aliphatic carbocycles. The summed E-state index contributed by atoms with van der Waals surface area (Å²) in [6.45, 7) is 2.79. The van der Waals surface area contributed by atoms with Gasteiger partial charge in [-0.25, -0.2) is 0 Å². The summed E-state index contributed by atoms with van der Waals surface area (Å²) in [5.41, 5.74) is 1.62. The molecule has 1 fully saturated rings. The number of hydrogen-bond donors (Lipinski definition) is 1. The van der Waals surface area contributed by atoms with Gasteiger partial charge in [0.2, 0.25) is 0 Å². The highest BCUT2D eigenvalue weighted by Gasteiger charge is 2.14. The molecule has 3 rings (SSSR count). The molecule has 1 aromatic carbocycles. The lowest BCUT2D eigenvalue weighted by atomic mass is 10.0. The van der Waals surface area contributed by atoms with Crippen LogP contribution in [0.2, 0.25) is 0 Å². The lowest BCUT2D eigenvalue weighted by Gasteiger charge is -2.22. The van der Waals surface area contributed by atoms with Crippen molar-refractivity contribution in [3.63, 3.8) is 0 Å². The maximum absolute atomic E-state index is 5.63. The molecule has 0 amide bonds. The molecule has 5 heteroatoms. The Morgan fingerprint density at radius 1 is 1.22 bits per heavy atom. The predicted molar refractivity (Wildman–Crippen MR) is 68.4 cm³/mol. The van der Waals surface area contributed by atoms with Gasteiger partial charge in [-0.15, -0.1) is 5.10 Å². The van der Waals surface area contributed by atoms with E-state index in [1.54, 1.807) is 0 Å². The second-order valence-corrected chi connectivity index (χ2v) is 4.61. The third kappa shape index (κ3) is 2.56. The van der Waals surface area contributed by atoms with Gasteiger partial charge in [-0.05, 0) is 31.5 Å². The van der Waals surface area contributed by atoms with E-state index in [-0.39, 0.29) is 0 Å². The lowest BCUT2D eigenvalue weighted by Crippen LogP contribution is -2.33. The maximum atomic E-state index is 5.63. The average molecular weight is 244 g/mol. The molecule has 1 unspecified atom stereocenters. The zero-order valence-electron chi connectivity index (χ0n) is 10.2. The van der Waals surface area contributed by atoms with E-state index >= 15 is 0 Å². The Balaban J connectivity index is 1.66. The van der Waals surface area contributed by atoms with Crippen LogP contribution in [0.25, 0.3) is 11.0 Å². The van der Waals surface area contributed by atoms with E-state index < -0.39 is 0 Å². The Morgan fingerprint density at radius 3 is 2.94 bits per heavy atom. The summed E-state index contributed by atoms with van der Waals surface area (Å²) in [6, 6.07) is 8.04. The molecule has 1 atom stereocenters. The van der Waals surface area contributed by atoms with Gasteiger partial charge in [0.05, 0.1) is 12.1 Å². The van der Waals surface area contributed by atoms with Gasteiger partial charge in [-0.1, -0.05) is 17.2 Å². The zero-order chi connectivity index (χ0) is 12.2. The molecule has 1 aromatic heterocycles. The van der Waals surface area contributed by atoms with Crippen LogP contribution in [0, 0.1) is 5.92 Å². The van der Waals surface area contributed by atoms with Crippen LogP contribution < -0.4 is 10.1 Å². The molecule has 2 heterocycles. The number of nitrogens with zero attached hydrogens (tertiary/aromatic N) is 3. The SMILES string of the molecule is c1ccc2nc(OCC3CCCNC3)nnc2c1. The summed E-state index contributed by atoms with van der Waals surface area (Å²) in [6.07, 6.45) is 2.42. The van der Waals surface area contributed by atoms with Gasteiger partial charge in [0.1, 0.15) is 5.52 Å². The lowest BCUT2D eigenvalue weighted by molar-refractivity contribution is 0.204. The first-order valence-corrected chi connectivity index (χ1v) is 6.35. The molecule has 94 valence electrons. The first kappa shape index (κ1) is 11.3. The van der Waals surface area contributed by atoms with E-state index in [1.165, 1.54) is 12.8 Å². The fourth-order valence-corrected chi connectivity index (χ4v) is 2.19. The predicted octanol–water partition coefficient (Wildman–Crippen LogP) is 1.40. The van der Waals surface area contributed by atoms with Crippen LogP contribution in [0.15, 0.2) is 24.3 Å². The number of rotatable bonds is 3. The first-order valence-electron chi connectivity index (χ1n) is 6.35. The zero-order valence-corrected chi connectivity index (χ0v) is 10.2. The monoisotopic (exact) mass is 244 g/mol. The number of para-hydroxylation sites is 1. The minimum atomic E-state index is 0.374. The summed E-state index contributed by atoms with van der Waals surface area (Å²) in [4.78, 5) is 4.34. The smallest absolute Gasteiger partial charge is 0.336 e. The number of ether oxygens (including phenoxy) is 1. The molecule has 0 saturated carbocycles. The van der Waals surface area contributed by atoms with E-state index in [1.807, 2.05) is 24.3 Å². The summed E-state index contributed by atoms with van der Waals surface area (Å²) in [7, 11) is 0. The Bertz CT molecular complexity index is 525. The van der Waals surface area contributed by atoms with Gasteiger partial charge < -0.3 is 10.1 Å². The summed E-state index contributed by atoms with van der Waals surface area (Å²) in [5, 5.41) is 11.4. The summed E-state index contributed by atoms with van der Waals surface area (Å²) in [5.74, 6) is 0.550. The van der Waals surface area contributed by atoms with Crippen molar-refractivity contribution >= 4 is 11.0 Å².